The lowest BCUT2D eigenvalue weighted by Gasteiger charge is -2.34. The Morgan fingerprint density at radius 2 is 1.88 bits per heavy atom. The van der Waals surface area contributed by atoms with Gasteiger partial charge in [0.1, 0.15) is 0 Å². The fraction of sp³-hybridized carbons (Fsp3) is 0.435. The summed E-state index contributed by atoms with van der Waals surface area (Å²) in [4.78, 5) is 27.5. The minimum absolute atomic E-state index is 0.0562. The van der Waals surface area contributed by atoms with Crippen molar-refractivity contribution in [2.45, 2.75) is 30.4 Å². The number of nitro groups is 1. The molecule has 182 valence electrons. The number of hydrogen-bond acceptors (Lipinski definition) is 7. The topological polar surface area (TPSA) is 122 Å². The second-order valence-corrected chi connectivity index (χ2v) is 10.3. The molecule has 4 rings (SSSR count). The number of piperazine rings is 1. The number of ether oxygens (including phenoxy) is 1. The minimum atomic E-state index is -3.74. The van der Waals surface area contributed by atoms with Crippen LogP contribution in [0.3, 0.4) is 0 Å². The molecule has 0 saturated carbocycles. The van der Waals surface area contributed by atoms with Crippen molar-refractivity contribution in [3.63, 3.8) is 0 Å². The molecule has 2 fully saturated rings. The zero-order chi connectivity index (χ0) is 24.1. The van der Waals surface area contributed by atoms with E-state index in [4.69, 9.17) is 4.74 Å². The number of nitro benzene ring substituents is 1. The third kappa shape index (κ3) is 5.98. The summed E-state index contributed by atoms with van der Waals surface area (Å²) in [5, 5.41) is 11.0. The number of carbonyl (C=O) groups excluding carboxylic acids is 1. The predicted octanol–water partition coefficient (Wildman–Crippen LogP) is 2.01. The van der Waals surface area contributed by atoms with Crippen molar-refractivity contribution < 1.29 is 22.9 Å². The molecule has 11 heteroatoms. The third-order valence-corrected chi connectivity index (χ3v) is 7.52. The van der Waals surface area contributed by atoms with Gasteiger partial charge in [-0.3, -0.25) is 19.8 Å². The van der Waals surface area contributed by atoms with E-state index in [0.717, 1.165) is 18.4 Å². The van der Waals surface area contributed by atoms with Crippen LogP contribution in [0, 0.1) is 10.1 Å². The molecule has 2 aromatic rings. The van der Waals surface area contributed by atoms with E-state index in [2.05, 4.69) is 9.62 Å². The summed E-state index contributed by atoms with van der Waals surface area (Å²) in [5.41, 5.74) is 1.24. The number of sulfonamides is 1. The Balaban J connectivity index is 1.34. The van der Waals surface area contributed by atoms with Crippen molar-refractivity contribution in [2.24, 2.45) is 0 Å². The van der Waals surface area contributed by atoms with Gasteiger partial charge in [0.05, 0.1) is 15.9 Å². The van der Waals surface area contributed by atoms with E-state index in [0.29, 0.717) is 44.9 Å². The highest BCUT2D eigenvalue weighted by Gasteiger charge is 2.25. The summed E-state index contributed by atoms with van der Waals surface area (Å²) in [7, 11) is -3.74. The molecule has 2 heterocycles. The lowest BCUT2D eigenvalue weighted by Crippen LogP contribution is -2.48. The number of carbonyl (C=O) groups is 1. The third-order valence-electron chi connectivity index (χ3n) is 6.10. The van der Waals surface area contributed by atoms with Gasteiger partial charge < -0.3 is 9.64 Å². The van der Waals surface area contributed by atoms with Gasteiger partial charge in [0.2, 0.25) is 10.0 Å². The lowest BCUT2D eigenvalue weighted by molar-refractivity contribution is -0.384. The SMILES string of the molecule is O=C(c1cccc(S(=O)(=O)NCC2CCCO2)c1)N1CCN(Cc2cccc([N+](=O)[O-])c2)CC1. The summed E-state index contributed by atoms with van der Waals surface area (Å²) in [5.74, 6) is -0.217. The molecule has 0 aromatic heterocycles. The molecule has 2 aliphatic heterocycles. The molecule has 2 aliphatic rings. The average Bonchev–Trinajstić information content (AvgIpc) is 3.37. The van der Waals surface area contributed by atoms with E-state index in [1.54, 1.807) is 29.2 Å². The Kier molecular flexibility index (Phi) is 7.57. The smallest absolute Gasteiger partial charge is 0.269 e. The first-order valence-electron chi connectivity index (χ1n) is 11.3. The highest BCUT2D eigenvalue weighted by atomic mass is 32.2. The van der Waals surface area contributed by atoms with Crippen LogP contribution < -0.4 is 4.72 Å². The van der Waals surface area contributed by atoms with Gasteiger partial charge in [-0.1, -0.05) is 18.2 Å². The molecule has 1 atom stereocenters. The van der Waals surface area contributed by atoms with Crippen LogP contribution >= 0.6 is 0 Å². The Morgan fingerprint density at radius 3 is 2.59 bits per heavy atom. The van der Waals surface area contributed by atoms with Crippen LogP contribution in [0.15, 0.2) is 53.4 Å². The monoisotopic (exact) mass is 488 g/mol. The van der Waals surface area contributed by atoms with E-state index >= 15 is 0 Å². The van der Waals surface area contributed by atoms with Crippen LogP contribution in [0.5, 0.6) is 0 Å². The average molecular weight is 489 g/mol. The van der Waals surface area contributed by atoms with E-state index in [1.165, 1.54) is 18.2 Å². The molecule has 34 heavy (non-hydrogen) atoms. The highest BCUT2D eigenvalue weighted by molar-refractivity contribution is 7.89. The Morgan fingerprint density at radius 1 is 1.12 bits per heavy atom. The standard InChI is InChI=1S/C23H28N4O6S/c28-23(19-5-2-8-22(15-19)34(31,32)24-16-21-7-3-13-33-21)26-11-9-25(10-12-26)17-18-4-1-6-20(14-18)27(29)30/h1-2,4-6,8,14-15,21,24H,3,7,9-13,16-17H2. The molecule has 1 N–H and O–H groups in total. The molecule has 1 unspecified atom stereocenters. The first-order chi connectivity index (χ1) is 16.3. The minimum Gasteiger partial charge on any atom is -0.377 e. The maximum atomic E-state index is 13.0. The van der Waals surface area contributed by atoms with Crippen molar-refractivity contribution in [2.75, 3.05) is 39.3 Å². The zero-order valence-electron chi connectivity index (χ0n) is 18.8. The Hall–Kier alpha value is -2.86. The van der Waals surface area contributed by atoms with E-state index in [-0.39, 0.29) is 29.1 Å². The quantitative estimate of drug-likeness (QED) is 0.445. The number of non-ortho nitro benzene ring substituents is 1. The van der Waals surface area contributed by atoms with E-state index < -0.39 is 14.9 Å². The van der Waals surface area contributed by atoms with Crippen LogP contribution in [0.1, 0.15) is 28.8 Å². The summed E-state index contributed by atoms with van der Waals surface area (Å²) in [6, 6.07) is 12.6. The van der Waals surface area contributed by atoms with Crippen molar-refractivity contribution in [3.05, 3.63) is 69.8 Å². The molecule has 0 spiro atoms. The molecule has 1 amide bonds. The van der Waals surface area contributed by atoms with E-state index in [1.807, 2.05) is 6.07 Å². The summed E-state index contributed by atoms with van der Waals surface area (Å²) < 4.78 is 33.4. The molecule has 0 radical (unpaired) electrons. The maximum Gasteiger partial charge on any atom is 0.269 e. The number of rotatable bonds is 8. The zero-order valence-corrected chi connectivity index (χ0v) is 19.6. The molecular weight excluding hydrogens is 460 g/mol. The molecule has 0 aliphatic carbocycles. The van der Waals surface area contributed by atoms with Crippen molar-refractivity contribution in [1.82, 2.24) is 14.5 Å². The summed E-state index contributed by atoms with van der Waals surface area (Å²) in [6.45, 7) is 3.64. The van der Waals surface area contributed by atoms with Gasteiger partial charge in [0, 0.05) is 63.6 Å². The van der Waals surface area contributed by atoms with Gasteiger partial charge >= 0.3 is 0 Å². The van der Waals surface area contributed by atoms with Gasteiger partial charge in [0.25, 0.3) is 11.6 Å². The number of benzene rings is 2. The van der Waals surface area contributed by atoms with E-state index in [9.17, 15) is 23.3 Å². The lowest BCUT2D eigenvalue weighted by atomic mass is 10.1. The first kappa shape index (κ1) is 24.3. The fourth-order valence-electron chi connectivity index (χ4n) is 4.21. The number of nitrogens with one attached hydrogen (secondary N) is 1. The maximum absolute atomic E-state index is 13.0. The van der Waals surface area contributed by atoms with Crippen LogP contribution in [-0.2, 0) is 21.3 Å². The highest BCUT2D eigenvalue weighted by Crippen LogP contribution is 2.18. The van der Waals surface area contributed by atoms with Gasteiger partial charge in [0.15, 0.2) is 0 Å². The molecule has 10 nitrogen and oxygen atoms in total. The Bertz CT molecular complexity index is 1140. The van der Waals surface area contributed by atoms with Crippen molar-refractivity contribution in [1.29, 1.82) is 0 Å². The van der Waals surface area contributed by atoms with Crippen molar-refractivity contribution in [3.8, 4) is 0 Å². The second-order valence-electron chi connectivity index (χ2n) is 8.51. The molecule has 2 saturated heterocycles. The summed E-state index contributed by atoms with van der Waals surface area (Å²) in [6.07, 6.45) is 1.64. The van der Waals surface area contributed by atoms with Gasteiger partial charge in [-0.2, -0.15) is 0 Å². The van der Waals surface area contributed by atoms with Crippen LogP contribution in [-0.4, -0.2) is 74.5 Å². The van der Waals surface area contributed by atoms with Crippen LogP contribution in [0.4, 0.5) is 5.69 Å². The summed E-state index contributed by atoms with van der Waals surface area (Å²) >= 11 is 0. The van der Waals surface area contributed by atoms with Gasteiger partial charge in [-0.05, 0) is 36.6 Å². The normalized spacial score (nSPS) is 19.3. The fourth-order valence-corrected chi connectivity index (χ4v) is 5.32. The molecule has 0 bridgehead atoms. The predicted molar refractivity (Wildman–Crippen MR) is 125 cm³/mol. The number of amides is 1. The van der Waals surface area contributed by atoms with Gasteiger partial charge in [-0.15, -0.1) is 0 Å². The number of nitrogens with zero attached hydrogens (tertiary/aromatic N) is 3. The molecular formula is C23H28N4O6S. The number of hydrogen-bond donors (Lipinski definition) is 1. The molecule has 2 aromatic carbocycles. The van der Waals surface area contributed by atoms with Gasteiger partial charge in [-0.25, -0.2) is 13.1 Å². The first-order valence-corrected chi connectivity index (χ1v) is 12.8. The Labute approximate surface area is 198 Å². The second kappa shape index (κ2) is 10.6. The van der Waals surface area contributed by atoms with Crippen LogP contribution in [0.25, 0.3) is 0 Å². The van der Waals surface area contributed by atoms with Crippen molar-refractivity contribution >= 4 is 21.6 Å². The van der Waals surface area contributed by atoms with Crippen LogP contribution in [0.2, 0.25) is 0 Å². The largest absolute Gasteiger partial charge is 0.377 e.